The van der Waals surface area contributed by atoms with E-state index in [1.165, 1.54) is 12.1 Å². The number of hydrogen-bond acceptors (Lipinski definition) is 2. The zero-order valence-electron chi connectivity index (χ0n) is 11.8. The average molecular weight is 341 g/mol. The first-order chi connectivity index (χ1) is 10.9. The van der Waals surface area contributed by atoms with Gasteiger partial charge in [-0.2, -0.15) is 13.2 Å². The van der Waals surface area contributed by atoms with Gasteiger partial charge in [0.25, 0.3) is 0 Å². The monoisotopic (exact) mass is 340 g/mol. The topological polar surface area (TPSA) is 18.5 Å². The molecule has 1 atom stereocenters. The second kappa shape index (κ2) is 6.16. The SMILES string of the molecule is FC(F)(F)C1C=Cc2cc(Cl)c(COc3ccccc3)cc2O1. The maximum Gasteiger partial charge on any atom is 0.429 e. The molecule has 1 unspecified atom stereocenters. The van der Waals surface area contributed by atoms with Gasteiger partial charge in [0.1, 0.15) is 18.1 Å². The molecule has 0 aromatic heterocycles. The molecule has 120 valence electrons. The summed E-state index contributed by atoms with van der Waals surface area (Å²) >= 11 is 6.16. The van der Waals surface area contributed by atoms with Gasteiger partial charge in [-0.3, -0.25) is 0 Å². The number of rotatable bonds is 3. The third kappa shape index (κ3) is 3.62. The van der Waals surface area contributed by atoms with Gasteiger partial charge in [0.05, 0.1) is 0 Å². The Labute approximate surface area is 136 Å². The van der Waals surface area contributed by atoms with E-state index in [-0.39, 0.29) is 12.4 Å². The minimum Gasteiger partial charge on any atom is -0.489 e. The maximum atomic E-state index is 12.8. The highest BCUT2D eigenvalue weighted by Gasteiger charge is 2.41. The highest BCUT2D eigenvalue weighted by molar-refractivity contribution is 6.31. The van der Waals surface area contributed by atoms with Crippen molar-refractivity contribution < 1.29 is 22.6 Å². The minimum atomic E-state index is -4.45. The number of halogens is 4. The van der Waals surface area contributed by atoms with Gasteiger partial charge in [-0.1, -0.05) is 35.9 Å². The van der Waals surface area contributed by atoms with Crippen LogP contribution in [0.5, 0.6) is 11.5 Å². The molecule has 3 rings (SSSR count). The number of hydrogen-bond donors (Lipinski definition) is 0. The molecule has 0 bridgehead atoms. The Morgan fingerprint density at radius 1 is 1.13 bits per heavy atom. The Balaban J connectivity index is 1.80. The van der Waals surface area contributed by atoms with Crippen molar-refractivity contribution >= 4 is 17.7 Å². The Morgan fingerprint density at radius 2 is 1.87 bits per heavy atom. The van der Waals surface area contributed by atoms with Crippen LogP contribution in [0.25, 0.3) is 6.08 Å². The highest BCUT2D eigenvalue weighted by Crippen LogP contribution is 2.36. The van der Waals surface area contributed by atoms with Gasteiger partial charge < -0.3 is 9.47 Å². The van der Waals surface area contributed by atoms with Crippen LogP contribution in [0.2, 0.25) is 5.02 Å². The molecule has 2 nitrogen and oxygen atoms in total. The summed E-state index contributed by atoms with van der Waals surface area (Å²) in [6, 6.07) is 12.1. The largest absolute Gasteiger partial charge is 0.489 e. The van der Waals surface area contributed by atoms with Crippen LogP contribution < -0.4 is 9.47 Å². The van der Waals surface area contributed by atoms with Crippen LogP contribution in [0.15, 0.2) is 48.5 Å². The van der Waals surface area contributed by atoms with Gasteiger partial charge in [0.2, 0.25) is 6.10 Å². The lowest BCUT2D eigenvalue weighted by Crippen LogP contribution is -2.33. The molecule has 0 saturated carbocycles. The van der Waals surface area contributed by atoms with E-state index in [9.17, 15) is 13.2 Å². The molecule has 1 aliphatic rings. The van der Waals surface area contributed by atoms with E-state index in [1.807, 2.05) is 18.2 Å². The lowest BCUT2D eigenvalue weighted by molar-refractivity contribution is -0.180. The smallest absolute Gasteiger partial charge is 0.429 e. The van der Waals surface area contributed by atoms with Crippen molar-refractivity contribution in [3.05, 3.63) is 64.7 Å². The van der Waals surface area contributed by atoms with Crippen molar-refractivity contribution in [2.75, 3.05) is 0 Å². The van der Waals surface area contributed by atoms with Crippen molar-refractivity contribution in [2.45, 2.75) is 18.9 Å². The molecular weight excluding hydrogens is 329 g/mol. The maximum absolute atomic E-state index is 12.8. The summed E-state index contributed by atoms with van der Waals surface area (Å²) in [4.78, 5) is 0. The molecule has 2 aromatic carbocycles. The van der Waals surface area contributed by atoms with Crippen molar-refractivity contribution in [1.29, 1.82) is 0 Å². The highest BCUT2D eigenvalue weighted by atomic mass is 35.5. The fraction of sp³-hybridized carbons (Fsp3) is 0.176. The predicted octanol–water partition coefficient (Wildman–Crippen LogP) is 5.26. The van der Waals surface area contributed by atoms with Gasteiger partial charge >= 0.3 is 6.18 Å². The second-order valence-corrected chi connectivity index (χ2v) is 5.43. The molecule has 0 radical (unpaired) electrons. The van der Waals surface area contributed by atoms with E-state index in [0.29, 0.717) is 21.9 Å². The molecule has 2 aromatic rings. The first-order valence-electron chi connectivity index (χ1n) is 6.85. The van der Waals surface area contributed by atoms with Crippen LogP contribution in [0.1, 0.15) is 11.1 Å². The molecule has 0 spiro atoms. The van der Waals surface area contributed by atoms with E-state index in [4.69, 9.17) is 21.1 Å². The summed E-state index contributed by atoms with van der Waals surface area (Å²) in [5.41, 5.74) is 1.07. The number of para-hydroxylation sites is 1. The Kier molecular flexibility index (Phi) is 4.22. The summed E-state index contributed by atoms with van der Waals surface area (Å²) in [5, 5.41) is 0.415. The number of alkyl halides is 3. The number of fused-ring (bicyclic) bond motifs is 1. The van der Waals surface area contributed by atoms with Crippen molar-refractivity contribution in [3.8, 4) is 11.5 Å². The third-order valence-electron chi connectivity index (χ3n) is 3.34. The average Bonchev–Trinajstić information content (AvgIpc) is 2.52. The van der Waals surface area contributed by atoms with Gasteiger partial charge in [-0.15, -0.1) is 0 Å². The van der Waals surface area contributed by atoms with Gasteiger partial charge in [-0.25, -0.2) is 0 Å². The number of benzene rings is 2. The van der Waals surface area contributed by atoms with E-state index in [1.54, 1.807) is 18.2 Å². The van der Waals surface area contributed by atoms with Gasteiger partial charge in [0, 0.05) is 16.1 Å². The fourth-order valence-electron chi connectivity index (χ4n) is 2.17. The predicted molar refractivity (Wildman–Crippen MR) is 81.7 cm³/mol. The second-order valence-electron chi connectivity index (χ2n) is 5.02. The zero-order chi connectivity index (χ0) is 16.4. The molecular formula is C17H12ClF3O2. The van der Waals surface area contributed by atoms with Crippen LogP contribution >= 0.6 is 11.6 Å². The molecule has 1 aliphatic heterocycles. The molecule has 6 heteroatoms. The van der Waals surface area contributed by atoms with Crippen LogP contribution in [-0.4, -0.2) is 12.3 Å². The van der Waals surface area contributed by atoms with Crippen molar-refractivity contribution in [2.24, 2.45) is 0 Å². The van der Waals surface area contributed by atoms with E-state index in [0.717, 1.165) is 6.08 Å². The molecule has 23 heavy (non-hydrogen) atoms. The Morgan fingerprint density at radius 3 is 2.57 bits per heavy atom. The summed E-state index contributed by atoms with van der Waals surface area (Å²) in [6.07, 6.45) is -4.06. The Bertz CT molecular complexity index is 727. The molecule has 0 fully saturated rings. The van der Waals surface area contributed by atoms with Gasteiger partial charge in [-0.05, 0) is 30.3 Å². The van der Waals surface area contributed by atoms with Crippen LogP contribution in [0, 0.1) is 0 Å². The van der Waals surface area contributed by atoms with E-state index >= 15 is 0 Å². The summed E-state index contributed by atoms with van der Waals surface area (Å²) in [5.74, 6) is 0.793. The van der Waals surface area contributed by atoms with E-state index < -0.39 is 12.3 Å². The Hall–Kier alpha value is -2.14. The molecule has 0 amide bonds. The molecule has 0 saturated heterocycles. The lowest BCUT2D eigenvalue weighted by atomic mass is 10.1. The van der Waals surface area contributed by atoms with Crippen LogP contribution in [0.4, 0.5) is 13.2 Å². The fourth-order valence-corrected chi connectivity index (χ4v) is 2.40. The number of ether oxygens (including phenoxy) is 2. The summed E-state index contributed by atoms with van der Waals surface area (Å²) < 4.78 is 48.9. The van der Waals surface area contributed by atoms with Crippen molar-refractivity contribution in [1.82, 2.24) is 0 Å². The lowest BCUT2D eigenvalue weighted by Gasteiger charge is -2.24. The first kappa shape index (κ1) is 15.7. The van der Waals surface area contributed by atoms with Crippen molar-refractivity contribution in [3.63, 3.8) is 0 Å². The third-order valence-corrected chi connectivity index (χ3v) is 3.70. The summed E-state index contributed by atoms with van der Waals surface area (Å²) in [7, 11) is 0. The first-order valence-corrected chi connectivity index (χ1v) is 7.23. The quantitative estimate of drug-likeness (QED) is 0.759. The normalized spacial score (nSPS) is 16.6. The van der Waals surface area contributed by atoms with Crippen LogP contribution in [0.3, 0.4) is 0 Å². The minimum absolute atomic E-state index is 0.139. The summed E-state index contributed by atoms with van der Waals surface area (Å²) in [6.45, 7) is 0.139. The standard InChI is InChI=1S/C17H12ClF3O2/c18-14-8-11-6-7-16(17(19,20)21)23-15(11)9-12(14)10-22-13-4-2-1-3-5-13/h1-9,16H,10H2. The zero-order valence-corrected chi connectivity index (χ0v) is 12.6. The molecule has 1 heterocycles. The van der Waals surface area contributed by atoms with Crippen LogP contribution in [-0.2, 0) is 6.61 Å². The van der Waals surface area contributed by atoms with E-state index in [2.05, 4.69) is 0 Å². The molecule has 0 N–H and O–H groups in total. The molecule has 0 aliphatic carbocycles. The van der Waals surface area contributed by atoms with Gasteiger partial charge in [0.15, 0.2) is 0 Å².